The lowest BCUT2D eigenvalue weighted by atomic mass is 9.94. The fourth-order valence-corrected chi connectivity index (χ4v) is 9.82. The molecule has 0 saturated carbocycles. The first-order valence-electron chi connectivity index (χ1n) is 20.5. The van der Waals surface area contributed by atoms with E-state index in [1.807, 2.05) is 11.3 Å². The first kappa shape index (κ1) is 35.6. The van der Waals surface area contributed by atoms with Crippen LogP contribution in [0.3, 0.4) is 0 Å². The number of thiophene rings is 1. The highest BCUT2D eigenvalue weighted by Gasteiger charge is 2.16. The third kappa shape index (κ3) is 6.63. The lowest BCUT2D eigenvalue weighted by Gasteiger charge is -2.26. The summed E-state index contributed by atoms with van der Waals surface area (Å²) in [6.07, 6.45) is 0. The molecule has 0 saturated heterocycles. The van der Waals surface area contributed by atoms with Crippen molar-refractivity contribution in [3.05, 3.63) is 237 Å². The molecule has 1 aromatic heterocycles. The van der Waals surface area contributed by atoms with E-state index in [1.54, 1.807) is 0 Å². The minimum absolute atomic E-state index is 1.10. The summed E-state index contributed by atoms with van der Waals surface area (Å²) in [5.74, 6) is 0. The molecule has 0 N–H and O–H groups in total. The number of fused-ring (bicyclic) bond motifs is 4. The molecule has 0 radical (unpaired) electrons. The van der Waals surface area contributed by atoms with Crippen LogP contribution in [0.15, 0.2) is 237 Å². The molecule has 60 heavy (non-hydrogen) atoms. The van der Waals surface area contributed by atoms with Crippen molar-refractivity contribution in [1.82, 2.24) is 0 Å². The second-order valence-electron chi connectivity index (χ2n) is 15.3. The number of rotatable bonds is 8. The van der Waals surface area contributed by atoms with Gasteiger partial charge < -0.3 is 4.90 Å². The maximum atomic E-state index is 2.36. The van der Waals surface area contributed by atoms with E-state index in [0.29, 0.717) is 0 Å². The van der Waals surface area contributed by atoms with E-state index in [1.165, 1.54) is 86.6 Å². The zero-order chi connectivity index (χ0) is 39.8. The molecule has 282 valence electrons. The molecule has 10 aromatic carbocycles. The van der Waals surface area contributed by atoms with Gasteiger partial charge in [0.1, 0.15) is 0 Å². The molecular formula is C58H39NS. The van der Waals surface area contributed by atoms with Crippen LogP contribution in [0, 0.1) is 0 Å². The van der Waals surface area contributed by atoms with Crippen molar-refractivity contribution in [1.29, 1.82) is 0 Å². The number of benzene rings is 10. The fourth-order valence-electron chi connectivity index (χ4n) is 8.69. The summed E-state index contributed by atoms with van der Waals surface area (Å²) in [7, 11) is 0. The second-order valence-corrected chi connectivity index (χ2v) is 16.4. The van der Waals surface area contributed by atoms with Crippen molar-refractivity contribution < 1.29 is 0 Å². The maximum absolute atomic E-state index is 2.36. The van der Waals surface area contributed by atoms with Crippen LogP contribution < -0.4 is 4.90 Å². The van der Waals surface area contributed by atoms with Crippen LogP contribution in [0.1, 0.15) is 0 Å². The number of anilines is 3. The van der Waals surface area contributed by atoms with Crippen LogP contribution in [0.5, 0.6) is 0 Å². The van der Waals surface area contributed by atoms with Gasteiger partial charge in [-0.25, -0.2) is 0 Å². The molecule has 0 bridgehead atoms. The average Bonchev–Trinajstić information content (AvgIpc) is 3.72. The first-order chi connectivity index (χ1) is 29.7. The minimum atomic E-state index is 1.10. The Morgan fingerprint density at radius 1 is 0.267 bits per heavy atom. The molecule has 2 heteroatoms. The van der Waals surface area contributed by atoms with Crippen molar-refractivity contribution in [3.63, 3.8) is 0 Å². The van der Waals surface area contributed by atoms with Crippen LogP contribution in [0.2, 0.25) is 0 Å². The highest BCUT2D eigenvalue weighted by Crippen LogP contribution is 2.42. The zero-order valence-electron chi connectivity index (χ0n) is 32.9. The number of hydrogen-bond acceptors (Lipinski definition) is 2. The summed E-state index contributed by atoms with van der Waals surface area (Å²) >= 11 is 1.86. The molecule has 0 aliphatic rings. The lowest BCUT2D eigenvalue weighted by molar-refractivity contribution is 1.28. The van der Waals surface area contributed by atoms with Crippen molar-refractivity contribution in [2.45, 2.75) is 0 Å². The van der Waals surface area contributed by atoms with Crippen molar-refractivity contribution >= 4 is 59.3 Å². The monoisotopic (exact) mass is 781 g/mol. The Morgan fingerprint density at radius 2 is 0.700 bits per heavy atom. The van der Waals surface area contributed by atoms with Crippen molar-refractivity contribution in [2.75, 3.05) is 4.90 Å². The Morgan fingerprint density at radius 3 is 1.38 bits per heavy atom. The Bertz CT molecular complexity index is 3270. The summed E-state index contributed by atoms with van der Waals surface area (Å²) in [6, 6.07) is 86.0. The summed E-state index contributed by atoms with van der Waals surface area (Å²) in [6.45, 7) is 0. The fraction of sp³-hybridized carbons (Fsp3) is 0. The molecule has 11 rings (SSSR count). The Kier molecular flexibility index (Phi) is 9.11. The molecule has 0 atom stereocenters. The van der Waals surface area contributed by atoms with Crippen LogP contribution >= 0.6 is 11.3 Å². The van der Waals surface area contributed by atoms with Crippen molar-refractivity contribution in [2.24, 2.45) is 0 Å². The molecule has 0 aliphatic heterocycles. The van der Waals surface area contributed by atoms with E-state index >= 15 is 0 Å². The Balaban J connectivity index is 0.912. The van der Waals surface area contributed by atoms with Crippen LogP contribution in [0.4, 0.5) is 17.1 Å². The van der Waals surface area contributed by atoms with Crippen LogP contribution in [0.25, 0.3) is 86.6 Å². The predicted molar refractivity (Wildman–Crippen MR) is 259 cm³/mol. The lowest BCUT2D eigenvalue weighted by Crippen LogP contribution is -2.09. The van der Waals surface area contributed by atoms with Gasteiger partial charge >= 0.3 is 0 Å². The molecule has 0 unspecified atom stereocenters. The SMILES string of the molecule is c1ccc(-c2ccc(N(c3ccc(-c4ccc(-c5cccc(-c6cccc7ccccc67)c5)cc4)cc3)c3ccc(-c4cccc5sc6ccccc6c45)cc3)cc2)cc1. The van der Waals surface area contributed by atoms with Gasteiger partial charge in [-0.15, -0.1) is 11.3 Å². The van der Waals surface area contributed by atoms with Gasteiger partial charge in [0.2, 0.25) is 0 Å². The Hall–Kier alpha value is -7.52. The molecule has 0 spiro atoms. The third-order valence-electron chi connectivity index (χ3n) is 11.7. The normalized spacial score (nSPS) is 11.3. The minimum Gasteiger partial charge on any atom is -0.311 e. The Labute approximate surface area is 354 Å². The van der Waals surface area contributed by atoms with Gasteiger partial charge in [0, 0.05) is 37.2 Å². The van der Waals surface area contributed by atoms with Gasteiger partial charge in [0.15, 0.2) is 0 Å². The molecule has 0 aliphatic carbocycles. The summed E-state index contributed by atoms with van der Waals surface area (Å²) in [5.41, 5.74) is 15.5. The van der Waals surface area contributed by atoms with Crippen LogP contribution in [-0.2, 0) is 0 Å². The van der Waals surface area contributed by atoms with Gasteiger partial charge in [-0.3, -0.25) is 0 Å². The topological polar surface area (TPSA) is 3.24 Å². The summed E-state index contributed by atoms with van der Waals surface area (Å²) in [5, 5.41) is 5.18. The number of nitrogens with zero attached hydrogens (tertiary/aromatic N) is 1. The summed E-state index contributed by atoms with van der Waals surface area (Å²) in [4.78, 5) is 2.36. The van der Waals surface area contributed by atoms with Gasteiger partial charge in [0.25, 0.3) is 0 Å². The van der Waals surface area contributed by atoms with E-state index in [-0.39, 0.29) is 0 Å². The predicted octanol–water partition coefficient (Wildman–Crippen LogP) is 17.0. The first-order valence-corrected chi connectivity index (χ1v) is 21.3. The van der Waals surface area contributed by atoms with E-state index in [9.17, 15) is 0 Å². The zero-order valence-corrected chi connectivity index (χ0v) is 33.7. The standard InChI is InChI=1S/C58H39NS/c1-2-11-40(12-3-1)42-27-33-49(34-28-42)59(51-37-31-46(32-38-51)54-20-10-22-57-58(54)55-18-6-7-21-56(55)60-57)50-35-29-43(30-36-50)41-23-25-44(26-24-41)47-15-8-16-48(39-47)53-19-9-14-45-13-4-5-17-52(45)53/h1-39H. The smallest absolute Gasteiger partial charge is 0.0462 e. The highest BCUT2D eigenvalue weighted by atomic mass is 32.1. The molecule has 11 aromatic rings. The van der Waals surface area contributed by atoms with Gasteiger partial charge in [0.05, 0.1) is 0 Å². The van der Waals surface area contributed by atoms with E-state index in [4.69, 9.17) is 0 Å². The van der Waals surface area contributed by atoms with Gasteiger partial charge in [-0.1, -0.05) is 182 Å². The van der Waals surface area contributed by atoms with E-state index in [2.05, 4.69) is 241 Å². The van der Waals surface area contributed by atoms with Gasteiger partial charge in [-0.05, 0) is 121 Å². The summed E-state index contributed by atoms with van der Waals surface area (Å²) < 4.78 is 2.64. The average molecular weight is 782 g/mol. The maximum Gasteiger partial charge on any atom is 0.0462 e. The molecule has 0 amide bonds. The quantitative estimate of drug-likeness (QED) is 0.148. The van der Waals surface area contributed by atoms with E-state index < -0.39 is 0 Å². The largest absolute Gasteiger partial charge is 0.311 e. The third-order valence-corrected chi connectivity index (χ3v) is 12.8. The molecular weight excluding hydrogens is 743 g/mol. The number of hydrogen-bond donors (Lipinski definition) is 0. The molecule has 0 fully saturated rings. The molecule has 1 nitrogen and oxygen atoms in total. The highest BCUT2D eigenvalue weighted by molar-refractivity contribution is 7.25. The van der Waals surface area contributed by atoms with Gasteiger partial charge in [-0.2, -0.15) is 0 Å². The second kappa shape index (κ2) is 15.3. The van der Waals surface area contributed by atoms with Crippen molar-refractivity contribution in [3.8, 4) is 55.6 Å². The molecule has 1 heterocycles. The van der Waals surface area contributed by atoms with Crippen LogP contribution in [-0.4, -0.2) is 0 Å². The van der Waals surface area contributed by atoms with E-state index in [0.717, 1.165) is 17.1 Å².